The van der Waals surface area contributed by atoms with Gasteiger partial charge in [0.15, 0.2) is 17.5 Å². The Balaban J connectivity index is 1.18. The average molecular weight is 675 g/mol. The summed E-state index contributed by atoms with van der Waals surface area (Å²) in [6, 6.07) is 64.5. The highest BCUT2D eigenvalue weighted by Crippen LogP contribution is 2.40. The Bertz CT molecular complexity index is 3230. The van der Waals surface area contributed by atoms with Crippen molar-refractivity contribution >= 4 is 64.9 Å². The second-order valence-corrected chi connectivity index (χ2v) is 13.6. The molecule has 0 saturated heterocycles. The van der Waals surface area contributed by atoms with Crippen LogP contribution in [0.2, 0.25) is 0 Å². The summed E-state index contributed by atoms with van der Waals surface area (Å²) in [6.07, 6.45) is 0. The van der Waals surface area contributed by atoms with Crippen molar-refractivity contribution in [1.82, 2.24) is 19.5 Å². The topological polar surface area (TPSA) is 43.6 Å². The van der Waals surface area contributed by atoms with E-state index in [1.54, 1.807) is 0 Å². The molecule has 0 amide bonds. The van der Waals surface area contributed by atoms with Crippen molar-refractivity contribution < 1.29 is 0 Å². The molecule has 2 heterocycles. The van der Waals surface area contributed by atoms with Gasteiger partial charge in [0.2, 0.25) is 0 Å². The van der Waals surface area contributed by atoms with Crippen LogP contribution in [0, 0.1) is 0 Å². The van der Waals surface area contributed by atoms with Gasteiger partial charge in [-0.2, -0.15) is 0 Å². The minimum atomic E-state index is 0.625. The average Bonchev–Trinajstić information content (AvgIpc) is 3.58. The lowest BCUT2D eigenvalue weighted by molar-refractivity contribution is 1.06. The molecule has 4 nitrogen and oxygen atoms in total. The fourth-order valence-corrected chi connectivity index (χ4v) is 8.16. The number of aromatic nitrogens is 4. The molecule has 0 fully saturated rings. The summed E-state index contributed by atoms with van der Waals surface area (Å²) in [5.41, 5.74) is 6.11. The van der Waals surface area contributed by atoms with E-state index < -0.39 is 0 Å². The lowest BCUT2D eigenvalue weighted by Crippen LogP contribution is -2.03. The summed E-state index contributed by atoms with van der Waals surface area (Å²) in [6.45, 7) is 0. The second kappa shape index (κ2) is 11.7. The van der Waals surface area contributed by atoms with E-state index in [1.165, 1.54) is 53.9 Å². The minimum Gasteiger partial charge on any atom is -0.308 e. The summed E-state index contributed by atoms with van der Waals surface area (Å²) >= 11 is 0. The molecule has 246 valence electrons. The highest BCUT2D eigenvalue weighted by atomic mass is 15.1. The third-order valence-corrected chi connectivity index (χ3v) is 10.6. The zero-order valence-electron chi connectivity index (χ0n) is 28.6. The maximum absolute atomic E-state index is 5.29. The number of benzene rings is 9. The van der Waals surface area contributed by atoms with Crippen molar-refractivity contribution in [1.29, 1.82) is 0 Å². The standard InChI is InChI=1S/C49H30N4/c1-2-14-35(15-3-1)47-50-48(36-27-24-33-23-26-34-25-22-31-12-4-6-16-37(31)45(34)41(33)30-36)52-49(51-47)40-19-9-11-21-43(40)53-42-20-10-8-18-39(42)46-38-17-7-5-13-32(38)28-29-44(46)53/h1-30H. The molecule has 0 radical (unpaired) electrons. The molecule has 2 aromatic heterocycles. The highest BCUT2D eigenvalue weighted by Gasteiger charge is 2.20. The van der Waals surface area contributed by atoms with Crippen molar-refractivity contribution in [2.75, 3.05) is 0 Å². The van der Waals surface area contributed by atoms with E-state index in [0.29, 0.717) is 17.5 Å². The molecule has 0 N–H and O–H groups in total. The van der Waals surface area contributed by atoms with Gasteiger partial charge in [-0.15, -0.1) is 0 Å². The van der Waals surface area contributed by atoms with Gasteiger partial charge in [-0.25, -0.2) is 15.0 Å². The molecule has 0 saturated carbocycles. The number of para-hydroxylation sites is 2. The third-order valence-electron chi connectivity index (χ3n) is 10.6. The van der Waals surface area contributed by atoms with Gasteiger partial charge < -0.3 is 4.57 Å². The van der Waals surface area contributed by atoms with Crippen LogP contribution >= 0.6 is 0 Å². The molecule has 0 unspecified atom stereocenters. The van der Waals surface area contributed by atoms with Crippen LogP contribution in [-0.2, 0) is 0 Å². The Morgan fingerprint density at radius 3 is 1.66 bits per heavy atom. The molecule has 4 heteroatoms. The number of nitrogens with zero attached hydrogens (tertiary/aromatic N) is 4. The van der Waals surface area contributed by atoms with Gasteiger partial charge in [0.25, 0.3) is 0 Å². The van der Waals surface area contributed by atoms with Crippen LogP contribution < -0.4 is 0 Å². The third kappa shape index (κ3) is 4.66. The van der Waals surface area contributed by atoms with E-state index in [4.69, 9.17) is 15.0 Å². The maximum atomic E-state index is 5.29. The highest BCUT2D eigenvalue weighted by molar-refractivity contribution is 6.22. The Morgan fingerprint density at radius 2 is 0.868 bits per heavy atom. The summed E-state index contributed by atoms with van der Waals surface area (Å²) in [5.74, 6) is 1.90. The summed E-state index contributed by atoms with van der Waals surface area (Å²) in [4.78, 5) is 15.6. The molecule has 53 heavy (non-hydrogen) atoms. The van der Waals surface area contributed by atoms with Gasteiger partial charge in [-0.3, -0.25) is 0 Å². The van der Waals surface area contributed by atoms with Crippen molar-refractivity contribution in [2.45, 2.75) is 0 Å². The molecule has 11 rings (SSSR count). The quantitative estimate of drug-likeness (QED) is 0.175. The molecular formula is C49H30N4. The van der Waals surface area contributed by atoms with Gasteiger partial charge in [0, 0.05) is 27.5 Å². The van der Waals surface area contributed by atoms with E-state index >= 15 is 0 Å². The fraction of sp³-hybridized carbons (Fsp3) is 0. The molecule has 11 aromatic rings. The fourth-order valence-electron chi connectivity index (χ4n) is 8.16. The van der Waals surface area contributed by atoms with E-state index in [1.807, 2.05) is 18.2 Å². The summed E-state index contributed by atoms with van der Waals surface area (Å²) in [5, 5.41) is 12.2. The van der Waals surface area contributed by atoms with E-state index in [0.717, 1.165) is 33.4 Å². The number of hydrogen-bond donors (Lipinski definition) is 0. The zero-order valence-corrected chi connectivity index (χ0v) is 28.6. The van der Waals surface area contributed by atoms with E-state index in [9.17, 15) is 0 Å². The largest absolute Gasteiger partial charge is 0.308 e. The van der Waals surface area contributed by atoms with Crippen molar-refractivity contribution in [3.63, 3.8) is 0 Å². The van der Waals surface area contributed by atoms with Crippen molar-refractivity contribution in [2.24, 2.45) is 0 Å². The Hall–Kier alpha value is -7.17. The molecule has 0 aliphatic heterocycles. The number of fused-ring (bicyclic) bond motifs is 10. The van der Waals surface area contributed by atoms with Gasteiger partial charge in [0.1, 0.15) is 0 Å². The first-order chi connectivity index (χ1) is 26.3. The van der Waals surface area contributed by atoms with Crippen LogP contribution in [0.3, 0.4) is 0 Å². The van der Waals surface area contributed by atoms with Crippen LogP contribution in [0.5, 0.6) is 0 Å². The molecule has 0 aliphatic rings. The normalized spacial score (nSPS) is 11.8. The van der Waals surface area contributed by atoms with Gasteiger partial charge in [-0.1, -0.05) is 152 Å². The zero-order chi connectivity index (χ0) is 34.9. The van der Waals surface area contributed by atoms with Gasteiger partial charge >= 0.3 is 0 Å². The Kier molecular flexibility index (Phi) is 6.52. The van der Waals surface area contributed by atoms with Crippen LogP contribution in [-0.4, -0.2) is 19.5 Å². The van der Waals surface area contributed by atoms with Gasteiger partial charge in [0.05, 0.1) is 16.7 Å². The lowest BCUT2D eigenvalue weighted by Gasteiger charge is -2.15. The van der Waals surface area contributed by atoms with Crippen LogP contribution in [0.4, 0.5) is 0 Å². The van der Waals surface area contributed by atoms with Crippen molar-refractivity contribution in [3.8, 4) is 39.9 Å². The number of hydrogen-bond acceptors (Lipinski definition) is 3. The molecular weight excluding hydrogens is 645 g/mol. The van der Waals surface area contributed by atoms with E-state index in [-0.39, 0.29) is 0 Å². The van der Waals surface area contributed by atoms with Crippen molar-refractivity contribution in [3.05, 3.63) is 182 Å². The molecule has 0 spiro atoms. The predicted octanol–water partition coefficient (Wildman–Crippen LogP) is 12.6. The Morgan fingerprint density at radius 1 is 0.321 bits per heavy atom. The maximum Gasteiger partial charge on any atom is 0.166 e. The lowest BCUT2D eigenvalue weighted by atomic mass is 9.95. The summed E-state index contributed by atoms with van der Waals surface area (Å²) < 4.78 is 2.37. The van der Waals surface area contributed by atoms with Crippen LogP contribution in [0.15, 0.2) is 182 Å². The van der Waals surface area contributed by atoms with Crippen LogP contribution in [0.1, 0.15) is 0 Å². The Labute approximate surface area is 305 Å². The molecule has 0 aliphatic carbocycles. The number of rotatable bonds is 4. The smallest absolute Gasteiger partial charge is 0.166 e. The minimum absolute atomic E-state index is 0.625. The molecule has 9 aromatic carbocycles. The van der Waals surface area contributed by atoms with Gasteiger partial charge in [-0.05, 0) is 73.4 Å². The van der Waals surface area contributed by atoms with Crippen LogP contribution in [0.25, 0.3) is 105 Å². The summed E-state index contributed by atoms with van der Waals surface area (Å²) in [7, 11) is 0. The predicted molar refractivity (Wildman–Crippen MR) is 220 cm³/mol. The molecule has 0 bridgehead atoms. The monoisotopic (exact) mass is 674 g/mol. The first-order valence-corrected chi connectivity index (χ1v) is 18.0. The second-order valence-electron chi connectivity index (χ2n) is 13.6. The first-order valence-electron chi connectivity index (χ1n) is 18.0. The SMILES string of the molecule is c1ccc(-c2nc(-c3ccc4ccc5ccc6ccccc6c5c4c3)nc(-c3ccccc3-n3c4ccccc4c4c5ccccc5ccc43)n2)cc1. The van der Waals surface area contributed by atoms with E-state index in [2.05, 4.69) is 168 Å². The molecule has 0 atom stereocenters. The first kappa shape index (κ1) is 29.5.